The van der Waals surface area contributed by atoms with Crippen molar-refractivity contribution in [3.63, 3.8) is 0 Å². The first-order valence-corrected chi connectivity index (χ1v) is 6.62. The zero-order valence-corrected chi connectivity index (χ0v) is 11.1. The zero-order chi connectivity index (χ0) is 14.8. The van der Waals surface area contributed by atoms with Gasteiger partial charge in [-0.1, -0.05) is 12.1 Å². The average molecular weight is 288 g/mol. The summed E-state index contributed by atoms with van der Waals surface area (Å²) in [6.45, 7) is 0.844. The number of nitrogens with zero attached hydrogens (tertiary/aromatic N) is 1. The number of halogens is 1. The summed E-state index contributed by atoms with van der Waals surface area (Å²) in [7, 11) is 0. The van der Waals surface area contributed by atoms with Crippen molar-refractivity contribution in [3.8, 4) is 11.5 Å². The van der Waals surface area contributed by atoms with E-state index in [4.69, 9.17) is 4.74 Å². The molecule has 21 heavy (non-hydrogen) atoms. The predicted molar refractivity (Wildman–Crippen MR) is 76.4 cm³/mol. The van der Waals surface area contributed by atoms with Gasteiger partial charge in [0.15, 0.2) is 5.75 Å². The van der Waals surface area contributed by atoms with Crippen molar-refractivity contribution in [3.05, 3.63) is 57.9 Å². The number of benzene rings is 2. The molecule has 0 unspecified atom stereocenters. The second-order valence-corrected chi connectivity index (χ2v) is 4.82. The monoisotopic (exact) mass is 288 g/mol. The second kappa shape index (κ2) is 5.40. The molecule has 0 spiro atoms. The quantitative estimate of drug-likeness (QED) is 0.687. The molecule has 3 rings (SSSR count). The van der Waals surface area contributed by atoms with Crippen LogP contribution in [0.15, 0.2) is 36.4 Å². The first kappa shape index (κ1) is 13.4. The zero-order valence-electron chi connectivity index (χ0n) is 11.1. The fourth-order valence-corrected chi connectivity index (χ4v) is 2.40. The summed E-state index contributed by atoms with van der Waals surface area (Å²) in [5.74, 6) is -0.0356. The maximum atomic E-state index is 13.4. The number of nitro benzene ring substituents is 1. The van der Waals surface area contributed by atoms with Crippen LogP contribution in [0.3, 0.4) is 0 Å². The largest absolute Gasteiger partial charge is 0.455 e. The number of anilines is 1. The highest BCUT2D eigenvalue weighted by Crippen LogP contribution is 2.36. The smallest absolute Gasteiger partial charge is 0.276 e. The van der Waals surface area contributed by atoms with Crippen LogP contribution in [0.4, 0.5) is 15.8 Å². The Morgan fingerprint density at radius 3 is 2.95 bits per heavy atom. The lowest BCUT2D eigenvalue weighted by Crippen LogP contribution is -2.12. The van der Waals surface area contributed by atoms with E-state index in [0.717, 1.165) is 42.8 Å². The summed E-state index contributed by atoms with van der Waals surface area (Å²) in [6.07, 6.45) is 1.99. The Morgan fingerprint density at radius 1 is 1.29 bits per heavy atom. The molecule has 108 valence electrons. The topological polar surface area (TPSA) is 64.4 Å². The molecule has 0 amide bonds. The van der Waals surface area contributed by atoms with E-state index < -0.39 is 10.7 Å². The van der Waals surface area contributed by atoms with Crippen molar-refractivity contribution in [2.45, 2.75) is 12.8 Å². The molecule has 1 N–H and O–H groups in total. The molecule has 1 heterocycles. The van der Waals surface area contributed by atoms with Gasteiger partial charge in [-0.05, 0) is 24.5 Å². The molecule has 0 aromatic heterocycles. The first-order chi connectivity index (χ1) is 10.1. The van der Waals surface area contributed by atoms with Crippen LogP contribution in [0.1, 0.15) is 12.0 Å². The molecule has 2 aromatic carbocycles. The standard InChI is InChI=1S/C15H13FN2O3/c16-11-7-12(18(19)20)9-13(8-11)21-14-5-1-3-10-4-2-6-17-15(10)14/h1,3,5,7-9,17H,2,4,6H2. The van der Waals surface area contributed by atoms with Crippen molar-refractivity contribution in [2.75, 3.05) is 11.9 Å². The summed E-state index contributed by atoms with van der Waals surface area (Å²) in [4.78, 5) is 10.1. The highest BCUT2D eigenvalue weighted by Gasteiger charge is 2.16. The maximum Gasteiger partial charge on any atom is 0.276 e. The lowest BCUT2D eigenvalue weighted by atomic mass is 10.0. The summed E-state index contributed by atoms with van der Waals surface area (Å²) < 4.78 is 19.1. The number of nitro groups is 1. The number of fused-ring (bicyclic) bond motifs is 1. The van der Waals surface area contributed by atoms with Gasteiger partial charge < -0.3 is 10.1 Å². The minimum atomic E-state index is -0.697. The van der Waals surface area contributed by atoms with E-state index in [9.17, 15) is 14.5 Å². The Bertz CT molecular complexity index is 703. The lowest BCUT2D eigenvalue weighted by Gasteiger charge is -2.21. The molecule has 0 radical (unpaired) electrons. The molecule has 5 nitrogen and oxygen atoms in total. The van der Waals surface area contributed by atoms with Gasteiger partial charge >= 0.3 is 0 Å². The predicted octanol–water partition coefficient (Wildman–Crippen LogP) is 3.88. The molecule has 2 aromatic rings. The SMILES string of the molecule is O=[N+]([O-])c1cc(F)cc(Oc2cccc3c2NCCC3)c1. The normalized spacial score (nSPS) is 13.2. The molecular formula is C15H13FN2O3. The summed E-state index contributed by atoms with van der Waals surface area (Å²) >= 11 is 0. The van der Waals surface area contributed by atoms with E-state index in [0.29, 0.717) is 5.75 Å². The fraction of sp³-hybridized carbons (Fsp3) is 0.200. The molecule has 0 bridgehead atoms. The van der Waals surface area contributed by atoms with Gasteiger partial charge in [-0.15, -0.1) is 0 Å². The molecule has 6 heteroatoms. The number of nitrogens with one attached hydrogen (secondary N) is 1. The molecule has 0 atom stereocenters. The Labute approximate surface area is 120 Å². The van der Waals surface area contributed by atoms with E-state index in [-0.39, 0.29) is 11.4 Å². The van der Waals surface area contributed by atoms with Gasteiger partial charge in [0, 0.05) is 12.6 Å². The number of aryl methyl sites for hydroxylation is 1. The summed E-state index contributed by atoms with van der Waals surface area (Å²) in [6, 6.07) is 8.83. The number of para-hydroxylation sites is 1. The lowest BCUT2D eigenvalue weighted by molar-refractivity contribution is -0.385. The van der Waals surface area contributed by atoms with Crippen LogP contribution in [0.5, 0.6) is 11.5 Å². The minimum absolute atomic E-state index is 0.113. The van der Waals surface area contributed by atoms with Crippen LogP contribution in [0, 0.1) is 15.9 Å². The number of non-ortho nitro benzene ring substituents is 1. The third-order valence-corrected chi connectivity index (χ3v) is 3.33. The number of hydrogen-bond donors (Lipinski definition) is 1. The Balaban J connectivity index is 1.95. The minimum Gasteiger partial charge on any atom is -0.455 e. The van der Waals surface area contributed by atoms with E-state index in [2.05, 4.69) is 5.32 Å². The molecule has 1 aliphatic heterocycles. The van der Waals surface area contributed by atoms with Crippen LogP contribution < -0.4 is 10.1 Å². The van der Waals surface area contributed by atoms with Crippen LogP contribution in [-0.4, -0.2) is 11.5 Å². The Hall–Kier alpha value is -2.63. The third-order valence-electron chi connectivity index (χ3n) is 3.33. The Morgan fingerprint density at radius 2 is 2.14 bits per heavy atom. The Kier molecular flexibility index (Phi) is 3.43. The van der Waals surface area contributed by atoms with Crippen LogP contribution in [0.2, 0.25) is 0 Å². The van der Waals surface area contributed by atoms with Gasteiger partial charge in [-0.3, -0.25) is 10.1 Å². The van der Waals surface area contributed by atoms with Crippen LogP contribution in [0.25, 0.3) is 0 Å². The van der Waals surface area contributed by atoms with Crippen molar-refractivity contribution in [1.82, 2.24) is 0 Å². The molecule has 0 fully saturated rings. The van der Waals surface area contributed by atoms with Crippen molar-refractivity contribution in [1.29, 1.82) is 0 Å². The number of hydrogen-bond acceptors (Lipinski definition) is 4. The van der Waals surface area contributed by atoms with Gasteiger partial charge in [-0.2, -0.15) is 0 Å². The third kappa shape index (κ3) is 2.79. The van der Waals surface area contributed by atoms with Crippen molar-refractivity contribution < 1.29 is 14.1 Å². The van der Waals surface area contributed by atoms with Crippen LogP contribution >= 0.6 is 0 Å². The van der Waals surface area contributed by atoms with Gasteiger partial charge in [0.25, 0.3) is 5.69 Å². The molecule has 0 saturated heterocycles. The van der Waals surface area contributed by atoms with E-state index >= 15 is 0 Å². The van der Waals surface area contributed by atoms with E-state index in [1.807, 2.05) is 12.1 Å². The maximum absolute atomic E-state index is 13.4. The van der Waals surface area contributed by atoms with Crippen molar-refractivity contribution >= 4 is 11.4 Å². The summed E-state index contributed by atoms with van der Waals surface area (Å²) in [5, 5.41) is 14.0. The fourth-order valence-electron chi connectivity index (χ4n) is 2.40. The van der Waals surface area contributed by atoms with E-state index in [1.54, 1.807) is 6.07 Å². The highest BCUT2D eigenvalue weighted by molar-refractivity contribution is 5.64. The molecular weight excluding hydrogens is 275 g/mol. The number of rotatable bonds is 3. The first-order valence-electron chi connectivity index (χ1n) is 6.62. The van der Waals surface area contributed by atoms with Gasteiger partial charge in [0.2, 0.25) is 0 Å². The highest BCUT2D eigenvalue weighted by atomic mass is 19.1. The van der Waals surface area contributed by atoms with Gasteiger partial charge in [0.1, 0.15) is 11.6 Å². The van der Waals surface area contributed by atoms with E-state index in [1.165, 1.54) is 6.07 Å². The molecule has 0 saturated carbocycles. The number of ether oxygens (including phenoxy) is 1. The second-order valence-electron chi connectivity index (χ2n) is 4.82. The van der Waals surface area contributed by atoms with Gasteiger partial charge in [-0.25, -0.2) is 4.39 Å². The molecule has 0 aliphatic carbocycles. The molecule has 1 aliphatic rings. The van der Waals surface area contributed by atoms with Crippen LogP contribution in [-0.2, 0) is 6.42 Å². The van der Waals surface area contributed by atoms with Crippen molar-refractivity contribution in [2.24, 2.45) is 0 Å². The average Bonchev–Trinajstić information content (AvgIpc) is 2.47. The van der Waals surface area contributed by atoms with Gasteiger partial charge in [0.05, 0.1) is 22.7 Å². The summed E-state index contributed by atoms with van der Waals surface area (Å²) in [5.41, 5.74) is 1.67.